The molecule has 10 nitrogen and oxygen atoms in total. The highest BCUT2D eigenvalue weighted by atomic mass is 19.4. The number of carbonyl (C=O) groups is 1. The Kier molecular flexibility index (Phi) is 6.20. The molecule has 4 heterocycles. The van der Waals surface area contributed by atoms with Crippen molar-refractivity contribution in [2.24, 2.45) is 0 Å². The van der Waals surface area contributed by atoms with E-state index in [1.165, 1.54) is 0 Å². The Balaban J connectivity index is 0.000000325. The number of piperidine rings is 1. The number of fused-ring (bicyclic) bond motifs is 1. The number of rotatable bonds is 3. The summed E-state index contributed by atoms with van der Waals surface area (Å²) < 4.78 is 33.7. The summed E-state index contributed by atoms with van der Waals surface area (Å²) in [4.78, 5) is 27.2. The van der Waals surface area contributed by atoms with Crippen LogP contribution in [0.3, 0.4) is 0 Å². The molecule has 1 fully saturated rings. The number of hydrogen-bond acceptors (Lipinski definition) is 7. The Morgan fingerprint density at radius 1 is 1.09 bits per heavy atom. The standard InChI is InChI=1S/C18H18N8.C2HF3O2/c1-2-4-13(5-3-1)15-10-26(24-23-15)14-6-8-25(9-7-14)18-16-17(20-11-19-16)21-12-22-18;3-2(4,5)1(6)7/h1-5,10-12,14H,6-9H2,(H,19,20,21,22);(H,6,7). The molecule has 5 rings (SSSR count). The van der Waals surface area contributed by atoms with Gasteiger partial charge in [-0.3, -0.25) is 0 Å². The zero-order chi connectivity index (χ0) is 23.4. The van der Waals surface area contributed by atoms with Crippen LogP contribution in [0.25, 0.3) is 22.4 Å². The lowest BCUT2D eigenvalue weighted by atomic mass is 10.1. The number of halogens is 3. The van der Waals surface area contributed by atoms with Crippen molar-refractivity contribution in [1.29, 1.82) is 0 Å². The van der Waals surface area contributed by atoms with Crippen molar-refractivity contribution in [2.75, 3.05) is 18.0 Å². The molecule has 0 amide bonds. The first kappa shape index (κ1) is 22.2. The van der Waals surface area contributed by atoms with Gasteiger partial charge in [0.15, 0.2) is 11.5 Å². The Labute approximate surface area is 185 Å². The number of carboxylic acids is 1. The van der Waals surface area contributed by atoms with Gasteiger partial charge in [0.25, 0.3) is 0 Å². The summed E-state index contributed by atoms with van der Waals surface area (Å²) >= 11 is 0. The van der Waals surface area contributed by atoms with Crippen molar-refractivity contribution < 1.29 is 23.1 Å². The molecule has 4 aromatic rings. The van der Waals surface area contributed by atoms with Gasteiger partial charge in [0.05, 0.1) is 18.6 Å². The van der Waals surface area contributed by atoms with Crippen molar-refractivity contribution in [2.45, 2.75) is 25.1 Å². The van der Waals surface area contributed by atoms with E-state index in [1.54, 1.807) is 12.7 Å². The monoisotopic (exact) mass is 460 g/mol. The maximum absolute atomic E-state index is 10.6. The average molecular weight is 460 g/mol. The topological polar surface area (TPSA) is 126 Å². The summed E-state index contributed by atoms with van der Waals surface area (Å²) in [5.74, 6) is -1.83. The number of H-pyrrole nitrogens is 1. The molecule has 0 saturated carbocycles. The van der Waals surface area contributed by atoms with Crippen molar-refractivity contribution in [3.8, 4) is 11.3 Å². The van der Waals surface area contributed by atoms with E-state index >= 15 is 0 Å². The highest BCUT2D eigenvalue weighted by Crippen LogP contribution is 2.28. The van der Waals surface area contributed by atoms with Gasteiger partial charge in [-0.05, 0) is 12.8 Å². The predicted molar refractivity (Wildman–Crippen MR) is 111 cm³/mol. The normalized spacial score (nSPS) is 14.7. The van der Waals surface area contributed by atoms with Gasteiger partial charge < -0.3 is 15.0 Å². The molecule has 2 N–H and O–H groups in total. The third-order valence-electron chi connectivity index (χ3n) is 5.16. The molecule has 172 valence electrons. The van der Waals surface area contributed by atoms with Gasteiger partial charge in [-0.1, -0.05) is 35.5 Å². The Bertz CT molecular complexity index is 1220. The molecular weight excluding hydrogens is 441 g/mol. The summed E-state index contributed by atoms with van der Waals surface area (Å²) in [6.45, 7) is 1.83. The molecular formula is C20H19F3N8O2. The molecule has 0 bridgehead atoms. The fourth-order valence-corrected chi connectivity index (χ4v) is 3.53. The minimum atomic E-state index is -5.08. The number of aromatic nitrogens is 7. The number of alkyl halides is 3. The maximum Gasteiger partial charge on any atom is 0.490 e. The number of imidazole rings is 1. The van der Waals surface area contributed by atoms with Crippen LogP contribution in [0.15, 0.2) is 49.2 Å². The number of hydrogen-bond donors (Lipinski definition) is 2. The van der Waals surface area contributed by atoms with Crippen LogP contribution < -0.4 is 4.90 Å². The molecule has 1 aromatic carbocycles. The minimum Gasteiger partial charge on any atom is -0.475 e. The maximum atomic E-state index is 10.6. The summed E-state index contributed by atoms with van der Waals surface area (Å²) in [5, 5.41) is 15.8. The number of anilines is 1. The molecule has 0 aliphatic carbocycles. The largest absolute Gasteiger partial charge is 0.490 e. The first-order chi connectivity index (χ1) is 15.8. The number of nitrogens with zero attached hydrogens (tertiary/aromatic N) is 7. The molecule has 13 heteroatoms. The quantitative estimate of drug-likeness (QED) is 0.478. The lowest BCUT2D eigenvalue weighted by molar-refractivity contribution is -0.192. The summed E-state index contributed by atoms with van der Waals surface area (Å²) in [5.41, 5.74) is 3.63. The van der Waals surface area contributed by atoms with Gasteiger partial charge in [0.1, 0.15) is 17.5 Å². The van der Waals surface area contributed by atoms with Crippen LogP contribution in [-0.2, 0) is 4.79 Å². The highest BCUT2D eigenvalue weighted by Gasteiger charge is 2.38. The number of benzene rings is 1. The molecule has 0 atom stereocenters. The second-order valence-electron chi connectivity index (χ2n) is 7.27. The van der Waals surface area contributed by atoms with Crippen molar-refractivity contribution >= 4 is 23.0 Å². The van der Waals surface area contributed by atoms with Gasteiger partial charge >= 0.3 is 12.1 Å². The fourth-order valence-electron chi connectivity index (χ4n) is 3.53. The van der Waals surface area contributed by atoms with Crippen molar-refractivity contribution in [1.82, 2.24) is 34.9 Å². The van der Waals surface area contributed by atoms with E-state index in [0.29, 0.717) is 11.7 Å². The first-order valence-electron chi connectivity index (χ1n) is 9.99. The Morgan fingerprint density at radius 3 is 2.45 bits per heavy atom. The van der Waals surface area contributed by atoms with E-state index < -0.39 is 12.1 Å². The van der Waals surface area contributed by atoms with E-state index in [-0.39, 0.29) is 0 Å². The van der Waals surface area contributed by atoms with E-state index in [2.05, 4.69) is 47.3 Å². The average Bonchev–Trinajstić information content (AvgIpc) is 3.49. The van der Waals surface area contributed by atoms with E-state index in [1.807, 2.05) is 29.1 Å². The minimum absolute atomic E-state index is 0.357. The highest BCUT2D eigenvalue weighted by molar-refractivity contribution is 5.82. The second kappa shape index (κ2) is 9.22. The van der Waals surface area contributed by atoms with Crippen LogP contribution in [0, 0.1) is 0 Å². The molecule has 1 saturated heterocycles. The molecule has 0 unspecified atom stereocenters. The summed E-state index contributed by atoms with van der Waals surface area (Å²) in [6.07, 6.45) is 2.20. The number of carboxylic acid groups (broad SMARTS) is 1. The molecule has 1 aliphatic heterocycles. The molecule has 3 aromatic heterocycles. The zero-order valence-corrected chi connectivity index (χ0v) is 17.1. The van der Waals surface area contributed by atoms with E-state index in [0.717, 1.165) is 48.5 Å². The van der Waals surface area contributed by atoms with Gasteiger partial charge in [0, 0.05) is 18.7 Å². The molecule has 33 heavy (non-hydrogen) atoms. The second-order valence-corrected chi connectivity index (χ2v) is 7.27. The lowest BCUT2D eigenvalue weighted by Crippen LogP contribution is -2.35. The predicted octanol–water partition coefficient (Wildman–Crippen LogP) is 3.09. The van der Waals surface area contributed by atoms with Crippen LogP contribution in [-0.4, -0.2) is 65.3 Å². The number of aromatic amines is 1. The third kappa shape index (κ3) is 5.07. The number of nitrogens with one attached hydrogen (secondary N) is 1. The van der Waals surface area contributed by atoms with E-state index in [9.17, 15) is 13.2 Å². The molecule has 0 radical (unpaired) electrons. The number of aliphatic carboxylic acids is 1. The summed E-state index contributed by atoms with van der Waals surface area (Å²) in [7, 11) is 0. The van der Waals surface area contributed by atoms with Crippen LogP contribution in [0.4, 0.5) is 19.0 Å². The third-order valence-corrected chi connectivity index (χ3v) is 5.16. The molecule has 1 aliphatic rings. The SMILES string of the molecule is O=C(O)C(F)(F)F.c1ccc(-c2cn(C3CCN(c4ncnc5nc[nH]c45)CC3)nn2)cc1. The first-order valence-corrected chi connectivity index (χ1v) is 9.99. The van der Waals surface area contributed by atoms with Gasteiger partial charge in [-0.25, -0.2) is 24.4 Å². The van der Waals surface area contributed by atoms with Gasteiger partial charge in [-0.2, -0.15) is 13.2 Å². The molecule has 0 spiro atoms. The van der Waals surface area contributed by atoms with Crippen molar-refractivity contribution in [3.63, 3.8) is 0 Å². The smallest absolute Gasteiger partial charge is 0.475 e. The Hall–Kier alpha value is -4.03. The van der Waals surface area contributed by atoms with E-state index in [4.69, 9.17) is 9.90 Å². The zero-order valence-electron chi connectivity index (χ0n) is 17.1. The van der Waals surface area contributed by atoms with Crippen LogP contribution in [0.2, 0.25) is 0 Å². The van der Waals surface area contributed by atoms with Crippen LogP contribution in [0.5, 0.6) is 0 Å². The van der Waals surface area contributed by atoms with Crippen molar-refractivity contribution in [3.05, 3.63) is 49.2 Å². The summed E-state index contributed by atoms with van der Waals surface area (Å²) in [6, 6.07) is 10.5. The lowest BCUT2D eigenvalue weighted by Gasteiger charge is -2.32. The van der Waals surface area contributed by atoms with Crippen LogP contribution >= 0.6 is 0 Å². The Morgan fingerprint density at radius 2 is 1.79 bits per heavy atom. The fraction of sp³-hybridized carbons (Fsp3) is 0.300. The van der Waals surface area contributed by atoms with Gasteiger partial charge in [-0.15, -0.1) is 5.10 Å². The van der Waals surface area contributed by atoms with Crippen LogP contribution in [0.1, 0.15) is 18.9 Å². The van der Waals surface area contributed by atoms with Gasteiger partial charge in [0.2, 0.25) is 0 Å².